The normalized spacial score (nSPS) is 30.1. The molecule has 0 saturated carbocycles. The second-order valence-corrected chi connectivity index (χ2v) is 5.18. The summed E-state index contributed by atoms with van der Waals surface area (Å²) in [6, 6.07) is 5.35. The van der Waals surface area contributed by atoms with E-state index < -0.39 is 0 Å². The van der Waals surface area contributed by atoms with E-state index in [1.165, 1.54) is 18.4 Å². The summed E-state index contributed by atoms with van der Waals surface area (Å²) in [6.07, 6.45) is 6.58. The minimum absolute atomic E-state index is 0.335. The molecule has 2 aliphatic heterocycles. The Morgan fingerprint density at radius 3 is 2.67 bits per heavy atom. The predicted octanol–water partition coefficient (Wildman–Crippen LogP) is 1.21. The van der Waals surface area contributed by atoms with Gasteiger partial charge in [0.2, 0.25) is 0 Å². The molecular weight excluding hydrogens is 226 g/mol. The van der Waals surface area contributed by atoms with Crippen molar-refractivity contribution < 1.29 is 4.74 Å². The van der Waals surface area contributed by atoms with E-state index in [0.29, 0.717) is 18.2 Å². The highest BCUT2D eigenvalue weighted by atomic mass is 16.5. The van der Waals surface area contributed by atoms with Gasteiger partial charge in [-0.25, -0.2) is 0 Å². The average Bonchev–Trinajstić information content (AvgIpc) is 2.41. The summed E-state index contributed by atoms with van der Waals surface area (Å²) in [5, 5.41) is 3.43. The van der Waals surface area contributed by atoms with E-state index in [4.69, 9.17) is 4.74 Å². The minimum Gasteiger partial charge on any atom is -0.378 e. The van der Waals surface area contributed by atoms with Crippen molar-refractivity contribution in [3.63, 3.8) is 0 Å². The van der Waals surface area contributed by atoms with Gasteiger partial charge in [-0.3, -0.25) is 9.88 Å². The molecule has 2 saturated heterocycles. The van der Waals surface area contributed by atoms with Crippen LogP contribution in [0.25, 0.3) is 0 Å². The number of likely N-dealkylation sites (tertiary alicyclic amines) is 1. The van der Waals surface area contributed by atoms with Crippen LogP contribution < -0.4 is 5.32 Å². The topological polar surface area (TPSA) is 37.4 Å². The van der Waals surface area contributed by atoms with Crippen LogP contribution in [0, 0.1) is 0 Å². The summed E-state index contributed by atoms with van der Waals surface area (Å²) >= 11 is 0. The first-order valence-corrected chi connectivity index (χ1v) is 6.79. The number of nitrogens with one attached hydrogen (secondary N) is 1. The molecule has 18 heavy (non-hydrogen) atoms. The zero-order valence-electron chi connectivity index (χ0n) is 10.9. The lowest BCUT2D eigenvalue weighted by Crippen LogP contribution is -2.60. The van der Waals surface area contributed by atoms with Gasteiger partial charge in [0, 0.05) is 32.1 Å². The van der Waals surface area contributed by atoms with Gasteiger partial charge in [0.15, 0.2) is 0 Å². The van der Waals surface area contributed by atoms with E-state index in [0.717, 1.165) is 19.6 Å². The number of rotatable bonds is 3. The summed E-state index contributed by atoms with van der Waals surface area (Å²) in [5.41, 5.74) is 1.33. The third-order valence-corrected chi connectivity index (χ3v) is 4.23. The fourth-order valence-electron chi connectivity index (χ4n) is 3.18. The smallest absolute Gasteiger partial charge is 0.0895 e. The van der Waals surface area contributed by atoms with Crippen LogP contribution in [-0.2, 0) is 4.74 Å². The van der Waals surface area contributed by atoms with Gasteiger partial charge in [0.25, 0.3) is 0 Å². The molecule has 2 aliphatic rings. The van der Waals surface area contributed by atoms with Crippen LogP contribution in [0.2, 0.25) is 0 Å². The van der Waals surface area contributed by atoms with Crippen molar-refractivity contribution >= 4 is 0 Å². The molecule has 3 heterocycles. The van der Waals surface area contributed by atoms with E-state index in [2.05, 4.69) is 27.3 Å². The predicted molar refractivity (Wildman–Crippen MR) is 70.4 cm³/mol. The Hall–Kier alpha value is -0.970. The Morgan fingerprint density at radius 1 is 1.28 bits per heavy atom. The number of hydrogen-bond acceptors (Lipinski definition) is 4. The van der Waals surface area contributed by atoms with Crippen molar-refractivity contribution in [3.8, 4) is 0 Å². The highest BCUT2D eigenvalue weighted by molar-refractivity contribution is 5.21. The zero-order valence-corrected chi connectivity index (χ0v) is 10.9. The second-order valence-electron chi connectivity index (χ2n) is 5.18. The van der Waals surface area contributed by atoms with Crippen molar-refractivity contribution in [3.05, 3.63) is 30.1 Å². The van der Waals surface area contributed by atoms with E-state index >= 15 is 0 Å². The second kappa shape index (κ2) is 5.34. The first-order valence-electron chi connectivity index (χ1n) is 6.79. The molecule has 3 rings (SSSR count). The lowest BCUT2D eigenvalue weighted by atomic mass is 9.88. The van der Waals surface area contributed by atoms with Gasteiger partial charge in [-0.1, -0.05) is 0 Å². The SMILES string of the molecule is CO[C@H]1CN(C2CCNCC2)[C@H]1c1ccncc1. The van der Waals surface area contributed by atoms with Crippen LogP contribution in [0.15, 0.2) is 24.5 Å². The maximum atomic E-state index is 5.60. The van der Waals surface area contributed by atoms with E-state index in [-0.39, 0.29) is 0 Å². The molecule has 98 valence electrons. The number of ether oxygens (including phenoxy) is 1. The van der Waals surface area contributed by atoms with E-state index in [1.54, 1.807) is 0 Å². The Balaban J connectivity index is 1.75. The first-order chi connectivity index (χ1) is 8.90. The molecule has 0 radical (unpaired) electrons. The maximum absolute atomic E-state index is 5.60. The van der Waals surface area contributed by atoms with Gasteiger partial charge in [-0.15, -0.1) is 0 Å². The average molecular weight is 247 g/mol. The van der Waals surface area contributed by atoms with Crippen molar-refractivity contribution in [2.24, 2.45) is 0 Å². The number of piperidine rings is 1. The number of hydrogen-bond donors (Lipinski definition) is 1. The number of methoxy groups -OCH3 is 1. The first kappa shape index (κ1) is 12.1. The standard InChI is InChI=1S/C14H21N3O/c1-18-13-10-17(12-4-8-16-9-5-12)14(13)11-2-6-15-7-3-11/h2-3,6-7,12-14,16H,4-5,8-10H2,1H3/t13-,14-/m0/s1. The summed E-state index contributed by atoms with van der Waals surface area (Å²) in [6.45, 7) is 3.35. The highest BCUT2D eigenvalue weighted by Crippen LogP contribution is 2.38. The Labute approximate surface area is 108 Å². The molecule has 2 atom stereocenters. The van der Waals surface area contributed by atoms with Gasteiger partial charge in [-0.05, 0) is 43.6 Å². The largest absolute Gasteiger partial charge is 0.378 e. The van der Waals surface area contributed by atoms with E-state index in [9.17, 15) is 0 Å². The summed E-state index contributed by atoms with van der Waals surface area (Å²) in [7, 11) is 1.82. The van der Waals surface area contributed by atoms with Gasteiger partial charge in [-0.2, -0.15) is 0 Å². The van der Waals surface area contributed by atoms with Crippen LogP contribution in [0.5, 0.6) is 0 Å². The summed E-state index contributed by atoms with van der Waals surface area (Å²) in [4.78, 5) is 6.71. The molecule has 4 heteroatoms. The quantitative estimate of drug-likeness (QED) is 0.871. The molecule has 1 aromatic rings. The minimum atomic E-state index is 0.335. The van der Waals surface area contributed by atoms with Gasteiger partial charge < -0.3 is 10.1 Å². The van der Waals surface area contributed by atoms with Crippen LogP contribution in [-0.4, -0.2) is 48.8 Å². The van der Waals surface area contributed by atoms with Gasteiger partial charge in [0.1, 0.15) is 0 Å². The van der Waals surface area contributed by atoms with Gasteiger partial charge >= 0.3 is 0 Å². The molecule has 2 fully saturated rings. The molecule has 1 N–H and O–H groups in total. The molecule has 0 aliphatic carbocycles. The summed E-state index contributed by atoms with van der Waals surface area (Å²) < 4.78 is 5.60. The lowest BCUT2D eigenvalue weighted by Gasteiger charge is -2.52. The van der Waals surface area contributed by atoms with Crippen LogP contribution in [0.3, 0.4) is 0 Å². The van der Waals surface area contributed by atoms with Crippen molar-refractivity contribution in [1.29, 1.82) is 0 Å². The number of nitrogens with zero attached hydrogens (tertiary/aromatic N) is 2. The maximum Gasteiger partial charge on any atom is 0.0895 e. The lowest BCUT2D eigenvalue weighted by molar-refractivity contribution is -0.112. The third-order valence-electron chi connectivity index (χ3n) is 4.23. The summed E-state index contributed by atoms with van der Waals surface area (Å²) in [5.74, 6) is 0. The van der Waals surface area contributed by atoms with E-state index in [1.807, 2.05) is 19.5 Å². The molecule has 0 amide bonds. The van der Waals surface area contributed by atoms with Crippen molar-refractivity contribution in [1.82, 2.24) is 15.2 Å². The molecule has 0 unspecified atom stereocenters. The molecule has 1 aromatic heterocycles. The number of aromatic nitrogens is 1. The van der Waals surface area contributed by atoms with Crippen molar-refractivity contribution in [2.75, 3.05) is 26.7 Å². The Morgan fingerprint density at radius 2 is 2.00 bits per heavy atom. The van der Waals surface area contributed by atoms with Gasteiger partial charge in [0.05, 0.1) is 12.1 Å². The molecular formula is C14H21N3O. The van der Waals surface area contributed by atoms with Crippen molar-refractivity contribution in [2.45, 2.75) is 31.0 Å². The van der Waals surface area contributed by atoms with Crippen LogP contribution in [0.1, 0.15) is 24.4 Å². The zero-order chi connectivity index (χ0) is 12.4. The number of pyridine rings is 1. The fraction of sp³-hybridized carbons (Fsp3) is 0.643. The molecule has 4 nitrogen and oxygen atoms in total. The Kier molecular flexibility index (Phi) is 3.59. The molecule has 0 aromatic carbocycles. The van der Waals surface area contributed by atoms with Crippen LogP contribution in [0.4, 0.5) is 0 Å². The monoisotopic (exact) mass is 247 g/mol. The van der Waals surface area contributed by atoms with Crippen LogP contribution >= 0.6 is 0 Å². The highest BCUT2D eigenvalue weighted by Gasteiger charge is 2.43. The molecule has 0 spiro atoms. The third kappa shape index (κ3) is 2.16. The fourth-order valence-corrected chi connectivity index (χ4v) is 3.18. The Bertz CT molecular complexity index is 378. The molecule has 0 bridgehead atoms.